The SMILES string of the molecule is Cc1sc2nnn(C)c(=O)c2c1C. The molecule has 0 aliphatic rings. The molecule has 0 unspecified atom stereocenters. The predicted octanol–water partition coefficient (Wildman–Crippen LogP) is 1.01. The van der Waals surface area contributed by atoms with Crippen LogP contribution in [0.4, 0.5) is 0 Å². The van der Waals surface area contributed by atoms with Crippen molar-refractivity contribution in [2.75, 3.05) is 0 Å². The Morgan fingerprint density at radius 1 is 1.38 bits per heavy atom. The van der Waals surface area contributed by atoms with Crippen LogP contribution in [0.1, 0.15) is 10.4 Å². The molecule has 0 amide bonds. The van der Waals surface area contributed by atoms with Gasteiger partial charge in [0.15, 0.2) is 4.83 Å². The standard InChI is InChI=1S/C8H9N3OS/c1-4-5(2)13-7-6(4)8(12)11(3)10-9-7/h1-3H3. The molecule has 0 atom stereocenters. The van der Waals surface area contributed by atoms with Crippen LogP contribution in [0.15, 0.2) is 4.79 Å². The third kappa shape index (κ3) is 1.07. The first kappa shape index (κ1) is 8.37. The Hall–Kier alpha value is -1.23. The Morgan fingerprint density at radius 3 is 2.77 bits per heavy atom. The van der Waals surface area contributed by atoms with Crippen LogP contribution in [0.25, 0.3) is 10.2 Å². The van der Waals surface area contributed by atoms with E-state index >= 15 is 0 Å². The average molecular weight is 195 g/mol. The van der Waals surface area contributed by atoms with Crippen LogP contribution in [0.5, 0.6) is 0 Å². The van der Waals surface area contributed by atoms with Gasteiger partial charge in [0.2, 0.25) is 0 Å². The molecule has 2 aromatic rings. The number of fused-ring (bicyclic) bond motifs is 1. The molecular weight excluding hydrogens is 186 g/mol. The van der Waals surface area contributed by atoms with Crippen LogP contribution in [0.2, 0.25) is 0 Å². The Bertz CT molecular complexity index is 526. The lowest BCUT2D eigenvalue weighted by Crippen LogP contribution is -2.20. The van der Waals surface area contributed by atoms with Crippen molar-refractivity contribution >= 4 is 21.6 Å². The summed E-state index contributed by atoms with van der Waals surface area (Å²) in [5.41, 5.74) is 0.961. The highest BCUT2D eigenvalue weighted by Gasteiger charge is 2.10. The minimum absolute atomic E-state index is 0.0631. The van der Waals surface area contributed by atoms with Crippen molar-refractivity contribution in [3.63, 3.8) is 0 Å². The van der Waals surface area contributed by atoms with Gasteiger partial charge in [-0.3, -0.25) is 4.79 Å². The number of aromatic nitrogens is 3. The van der Waals surface area contributed by atoms with Crippen molar-refractivity contribution in [3.8, 4) is 0 Å². The topological polar surface area (TPSA) is 47.8 Å². The minimum Gasteiger partial charge on any atom is -0.267 e. The van der Waals surface area contributed by atoms with Crippen LogP contribution >= 0.6 is 11.3 Å². The predicted molar refractivity (Wildman–Crippen MR) is 52.1 cm³/mol. The molecule has 0 N–H and O–H groups in total. The van der Waals surface area contributed by atoms with E-state index in [-0.39, 0.29) is 5.56 Å². The third-order valence-electron chi connectivity index (χ3n) is 2.14. The van der Waals surface area contributed by atoms with Crippen LogP contribution in [0.3, 0.4) is 0 Å². The molecule has 0 saturated carbocycles. The van der Waals surface area contributed by atoms with Crippen LogP contribution in [-0.4, -0.2) is 15.0 Å². The van der Waals surface area contributed by atoms with Gasteiger partial charge in [0.1, 0.15) is 0 Å². The number of hydrogen-bond donors (Lipinski definition) is 0. The van der Waals surface area contributed by atoms with Gasteiger partial charge in [0, 0.05) is 11.9 Å². The maximum absolute atomic E-state index is 11.6. The number of aryl methyl sites for hydroxylation is 3. The fraction of sp³-hybridized carbons (Fsp3) is 0.375. The van der Waals surface area contributed by atoms with E-state index < -0.39 is 0 Å². The van der Waals surface area contributed by atoms with Crippen molar-refractivity contribution in [2.45, 2.75) is 13.8 Å². The lowest BCUT2D eigenvalue weighted by molar-refractivity contribution is 0.658. The molecule has 68 valence electrons. The molecule has 0 fully saturated rings. The van der Waals surface area contributed by atoms with Gasteiger partial charge >= 0.3 is 0 Å². The molecule has 0 aromatic carbocycles. The van der Waals surface area contributed by atoms with Crippen LogP contribution < -0.4 is 5.56 Å². The Balaban J connectivity index is 3.06. The second kappa shape index (κ2) is 2.63. The molecule has 4 nitrogen and oxygen atoms in total. The van der Waals surface area contributed by atoms with E-state index in [2.05, 4.69) is 10.3 Å². The zero-order valence-corrected chi connectivity index (χ0v) is 8.47. The molecule has 0 aliphatic heterocycles. The lowest BCUT2D eigenvalue weighted by Gasteiger charge is -1.93. The molecule has 0 spiro atoms. The molecular formula is C8H9N3OS. The van der Waals surface area contributed by atoms with Crippen LogP contribution in [-0.2, 0) is 7.05 Å². The van der Waals surface area contributed by atoms with Crippen molar-refractivity contribution in [2.24, 2.45) is 7.05 Å². The molecule has 2 heterocycles. The summed E-state index contributed by atoms with van der Waals surface area (Å²) in [6, 6.07) is 0. The van der Waals surface area contributed by atoms with Gasteiger partial charge in [0.25, 0.3) is 5.56 Å². The maximum atomic E-state index is 11.6. The molecule has 13 heavy (non-hydrogen) atoms. The normalized spacial score (nSPS) is 11.0. The number of hydrogen-bond acceptors (Lipinski definition) is 4. The summed E-state index contributed by atoms with van der Waals surface area (Å²) in [4.78, 5) is 13.5. The van der Waals surface area contributed by atoms with Gasteiger partial charge in [-0.05, 0) is 19.4 Å². The zero-order valence-electron chi connectivity index (χ0n) is 7.66. The summed E-state index contributed by atoms with van der Waals surface area (Å²) in [6.45, 7) is 3.93. The first-order chi connectivity index (χ1) is 6.11. The average Bonchev–Trinajstić information content (AvgIpc) is 2.37. The maximum Gasteiger partial charge on any atom is 0.278 e. The van der Waals surface area contributed by atoms with Crippen LogP contribution in [0, 0.1) is 13.8 Å². The molecule has 0 aliphatic carbocycles. The number of nitrogens with zero attached hydrogens (tertiary/aromatic N) is 3. The summed E-state index contributed by atoms with van der Waals surface area (Å²) in [5.74, 6) is 0. The highest BCUT2D eigenvalue weighted by molar-refractivity contribution is 7.18. The van der Waals surface area contributed by atoms with Crippen molar-refractivity contribution in [1.29, 1.82) is 0 Å². The molecule has 2 rings (SSSR count). The van der Waals surface area contributed by atoms with E-state index in [0.717, 1.165) is 15.3 Å². The largest absolute Gasteiger partial charge is 0.278 e. The fourth-order valence-electron chi connectivity index (χ4n) is 1.24. The highest BCUT2D eigenvalue weighted by atomic mass is 32.1. The number of rotatable bonds is 0. The zero-order chi connectivity index (χ0) is 9.59. The van der Waals surface area contributed by atoms with Gasteiger partial charge in [-0.1, -0.05) is 5.21 Å². The van der Waals surface area contributed by atoms with Gasteiger partial charge in [-0.25, -0.2) is 4.68 Å². The van der Waals surface area contributed by atoms with E-state index in [0.29, 0.717) is 5.39 Å². The van der Waals surface area contributed by atoms with E-state index in [1.807, 2.05) is 13.8 Å². The molecule has 0 radical (unpaired) electrons. The van der Waals surface area contributed by atoms with E-state index in [1.165, 1.54) is 16.0 Å². The third-order valence-corrected chi connectivity index (χ3v) is 3.24. The van der Waals surface area contributed by atoms with Gasteiger partial charge in [0.05, 0.1) is 5.39 Å². The number of thiophene rings is 1. The summed E-state index contributed by atoms with van der Waals surface area (Å²) in [5, 5.41) is 8.39. The minimum atomic E-state index is -0.0631. The second-order valence-corrected chi connectivity index (χ2v) is 4.18. The van der Waals surface area contributed by atoms with E-state index in [9.17, 15) is 4.79 Å². The van der Waals surface area contributed by atoms with Crippen molar-refractivity contribution in [1.82, 2.24) is 15.0 Å². The highest BCUT2D eigenvalue weighted by Crippen LogP contribution is 2.24. The van der Waals surface area contributed by atoms with Gasteiger partial charge in [-0.15, -0.1) is 16.4 Å². The monoisotopic (exact) mass is 195 g/mol. The summed E-state index contributed by atoms with van der Waals surface area (Å²) in [7, 11) is 1.61. The fourth-order valence-corrected chi connectivity index (χ4v) is 2.21. The Kier molecular flexibility index (Phi) is 1.69. The summed E-state index contributed by atoms with van der Waals surface area (Å²) in [6.07, 6.45) is 0. The van der Waals surface area contributed by atoms with Gasteiger partial charge < -0.3 is 0 Å². The smallest absolute Gasteiger partial charge is 0.267 e. The lowest BCUT2D eigenvalue weighted by atomic mass is 10.2. The first-order valence-electron chi connectivity index (χ1n) is 3.91. The van der Waals surface area contributed by atoms with Crippen molar-refractivity contribution < 1.29 is 0 Å². The van der Waals surface area contributed by atoms with Gasteiger partial charge in [-0.2, -0.15) is 0 Å². The quantitative estimate of drug-likeness (QED) is 0.630. The summed E-state index contributed by atoms with van der Waals surface area (Å²) >= 11 is 1.51. The van der Waals surface area contributed by atoms with E-state index in [1.54, 1.807) is 7.05 Å². The molecule has 5 heteroatoms. The Labute approximate surface area is 78.8 Å². The van der Waals surface area contributed by atoms with Crippen molar-refractivity contribution in [3.05, 3.63) is 20.8 Å². The molecule has 0 bridgehead atoms. The molecule has 2 aromatic heterocycles. The molecule has 0 saturated heterocycles. The van der Waals surface area contributed by atoms with E-state index in [4.69, 9.17) is 0 Å². The second-order valence-electron chi connectivity index (χ2n) is 2.98. The Morgan fingerprint density at radius 2 is 2.08 bits per heavy atom. The first-order valence-corrected chi connectivity index (χ1v) is 4.72. The summed E-state index contributed by atoms with van der Waals surface area (Å²) < 4.78 is 1.27.